The van der Waals surface area contributed by atoms with E-state index in [1.54, 1.807) is 49.1 Å². The molecule has 33 heteroatoms. The van der Waals surface area contributed by atoms with Gasteiger partial charge >= 0.3 is 0 Å². The number of piperazine rings is 1. The number of piperidine rings is 1. The molecule has 10 heterocycles. The van der Waals surface area contributed by atoms with Crippen molar-refractivity contribution in [2.45, 2.75) is 145 Å². The molecule has 2 saturated carbocycles. The predicted molar refractivity (Wildman–Crippen MR) is 480 cm³/mol. The maximum absolute atomic E-state index is 12.0. The average Bonchev–Trinajstić information content (AvgIpc) is 1.70. The third-order valence-electron chi connectivity index (χ3n) is 20.1. The molecule has 4 aliphatic rings. The molecule has 2 saturated heterocycles. The molecule has 0 atom stereocenters. The number of nitrogens with two attached hydrogens (primary N) is 4. The minimum Gasteiger partial charge on any atom is -0.375 e. The molecule has 0 bridgehead atoms. The van der Waals surface area contributed by atoms with Gasteiger partial charge in [0.25, 0.3) is 23.6 Å². The van der Waals surface area contributed by atoms with Crippen LogP contribution in [-0.4, -0.2) is 135 Å². The monoisotopic (exact) mass is 1680 g/mol. The summed E-state index contributed by atoms with van der Waals surface area (Å²) in [6.07, 6.45) is 22.4. The normalized spacial score (nSPS) is 14.3. The van der Waals surface area contributed by atoms with E-state index in [1.807, 2.05) is 62.4 Å². The van der Waals surface area contributed by atoms with Crippen molar-refractivity contribution in [3.8, 4) is 42.8 Å². The van der Waals surface area contributed by atoms with Gasteiger partial charge in [0.1, 0.15) is 62.8 Å². The maximum atomic E-state index is 12.0. The van der Waals surface area contributed by atoms with Crippen molar-refractivity contribution in [1.29, 1.82) is 0 Å². The smallest absolute Gasteiger partial charge is 0.270 e. The van der Waals surface area contributed by atoms with Crippen molar-refractivity contribution < 1.29 is 19.2 Å². The van der Waals surface area contributed by atoms with E-state index in [1.165, 1.54) is 125 Å². The Balaban J connectivity index is 0.000000137. The minimum atomic E-state index is -0.531. The van der Waals surface area contributed by atoms with Crippen LogP contribution in [0.3, 0.4) is 0 Å². The molecule has 2 aliphatic carbocycles. The summed E-state index contributed by atoms with van der Waals surface area (Å²) in [6, 6.07) is 32.4. The molecular weight excluding hydrogens is 1580 g/mol. The number of nitrogens with zero attached hydrogens (tertiary/aromatic N) is 14. The van der Waals surface area contributed by atoms with Crippen molar-refractivity contribution >= 4 is 136 Å². The maximum Gasteiger partial charge on any atom is 0.270 e. The van der Waals surface area contributed by atoms with Crippen LogP contribution in [0.2, 0.25) is 0 Å². The lowest BCUT2D eigenvalue weighted by molar-refractivity contribution is 0.0988. The lowest BCUT2D eigenvalue weighted by Crippen LogP contribution is -2.43. The molecule has 0 spiro atoms. The molecule has 16 rings (SSSR count). The number of amides is 4. The molecule has 8 aromatic heterocycles. The van der Waals surface area contributed by atoms with Crippen LogP contribution in [-0.2, 0) is 0 Å². The first-order valence-electron chi connectivity index (χ1n) is 40.1. The Morgan fingerprint density at radius 2 is 0.672 bits per heavy atom. The molecule has 15 N–H and O–H groups in total. The summed E-state index contributed by atoms with van der Waals surface area (Å²) in [7, 11) is 0. The zero-order chi connectivity index (χ0) is 83.6. The van der Waals surface area contributed by atoms with E-state index in [9.17, 15) is 19.2 Å². The second kappa shape index (κ2) is 39.9. The Labute approximate surface area is 708 Å². The Morgan fingerprint density at radius 1 is 0.370 bits per heavy atom. The second-order valence-electron chi connectivity index (χ2n) is 30.4. The summed E-state index contributed by atoms with van der Waals surface area (Å²) < 4.78 is 0. The number of carbonyl (C=O) groups is 4. The number of hydrogen-bond acceptors (Lipinski definition) is 29. The lowest BCUT2D eigenvalue weighted by Gasteiger charge is -2.28. The van der Waals surface area contributed by atoms with Crippen LogP contribution in [0, 0.1) is 61.3 Å². The van der Waals surface area contributed by atoms with Crippen LogP contribution < -0.4 is 70.0 Å². The zero-order valence-electron chi connectivity index (χ0n) is 68.2. The lowest BCUT2D eigenvalue weighted by atomic mass is 9.89. The van der Waals surface area contributed by atoms with E-state index in [2.05, 4.69) is 173 Å². The fraction of sp³-hybridized carbons (Fsp3) is 0.349. The number of aromatic nitrogens is 12. The topological polar surface area (TPSA) is 418 Å². The highest BCUT2D eigenvalue weighted by molar-refractivity contribution is 7.20. The van der Waals surface area contributed by atoms with Gasteiger partial charge in [0.05, 0.1) is 0 Å². The van der Waals surface area contributed by atoms with Gasteiger partial charge in [-0.2, -0.15) is 0 Å². The van der Waals surface area contributed by atoms with Gasteiger partial charge in [-0.15, -0.1) is 0 Å². The zero-order valence-corrected chi connectivity index (χ0v) is 71.4. The summed E-state index contributed by atoms with van der Waals surface area (Å²) in [5, 5.41) is 28.9. The predicted octanol–water partition coefficient (Wildman–Crippen LogP) is 16.4. The van der Waals surface area contributed by atoms with Gasteiger partial charge in [-0.25, -0.2) is 59.8 Å². The summed E-state index contributed by atoms with van der Waals surface area (Å²) in [5.41, 5.74) is 39.2. The SMILES string of the molecule is Cc1cc(C)cc(Nc2nccc(-c3nc(C(N)=O)c(N4CCCCC4)s3)n2)c1.Cc1cc(C)cc(Nc2nccc(-c3nc(C(N)=O)c(N4CCNCC4)s3)n2)c1.Cc1cc(C)cc(Nc2nccc(-c3nc(C(N)=O)c(NC4CCCCC4)s3)n2)c1.Cc1cc(C)cc(Nc2nccc(-c3nc(C(N)=O)c(NCC4CCCCC4)s3)n2)c1. The van der Waals surface area contributed by atoms with Crippen LogP contribution in [0.15, 0.2) is 122 Å². The van der Waals surface area contributed by atoms with Crippen LogP contribution >= 0.6 is 45.3 Å². The average molecular weight is 1680 g/mol. The second-order valence-corrected chi connectivity index (χ2v) is 34.4. The van der Waals surface area contributed by atoms with Gasteiger partial charge in [-0.05, 0) is 224 Å². The summed E-state index contributed by atoms with van der Waals surface area (Å²) >= 11 is 5.72. The number of primary amides is 4. The minimum absolute atomic E-state index is 0.276. The van der Waals surface area contributed by atoms with Gasteiger partial charge in [0, 0.05) is 99.4 Å². The van der Waals surface area contributed by atoms with E-state index in [0.717, 1.165) is 137 Å². The van der Waals surface area contributed by atoms with Crippen LogP contribution in [0.4, 0.5) is 66.5 Å². The summed E-state index contributed by atoms with van der Waals surface area (Å²) in [4.78, 5) is 106. The number of aryl methyl sites for hydroxylation is 8. The van der Waals surface area contributed by atoms with Crippen molar-refractivity contribution in [3.63, 3.8) is 0 Å². The molecule has 0 unspecified atom stereocenters. The highest BCUT2D eigenvalue weighted by Crippen LogP contribution is 2.40. The number of thiazole rings is 4. The molecule has 4 amide bonds. The largest absolute Gasteiger partial charge is 0.375 e. The van der Waals surface area contributed by atoms with E-state index >= 15 is 0 Å². The number of carbonyl (C=O) groups excluding carboxylic acids is 4. The van der Waals surface area contributed by atoms with Crippen LogP contribution in [0.25, 0.3) is 42.8 Å². The molecule has 4 fully saturated rings. The Hall–Kier alpha value is -12.0. The first-order valence-corrected chi connectivity index (χ1v) is 43.4. The quantitative estimate of drug-likeness (QED) is 0.0283. The molecule has 618 valence electrons. The van der Waals surface area contributed by atoms with Crippen molar-refractivity contribution in [3.05, 3.63) is 189 Å². The standard InChI is InChI=1S/C23H28N6OS.C22H26N6OS.C21H24N6OS.C20H23N7OS/c1-14-10-15(2)12-17(11-14)27-23-25-9-8-18(28-23)21-29-19(20(24)30)22(31-21)26-13-16-6-4-3-5-7-16;1-13-10-14(2)12-16(11-13)26-22-24-9-8-17(27-22)20-28-18(19(23)29)21(30-20)25-15-6-4-3-5-7-15;1-13-10-14(2)12-15(11-13)24-21-23-7-6-16(25-21)19-26-17(18(22)28)20(29-19)27-8-4-3-5-9-27;1-12-9-13(2)11-14(10-12)24-20-23-4-3-15(25-20)18-26-16(17(21)28)19(29-18)27-7-5-22-6-8-27/h8-12,16,26H,3-7,13H2,1-2H3,(H2,24,30)(H,25,27,28);8-12,15,25H,3-7H2,1-2H3,(H2,23,29)(H,24,26,27);6-7,10-12H,3-5,8-9H2,1-2H3,(H2,22,28)(H,23,24,25);3-4,9-11,22H,5-8H2,1-2H3,(H2,21,28)(H,23,24,25). The molecule has 29 nitrogen and oxygen atoms in total. The molecule has 0 radical (unpaired) electrons. The first kappa shape index (κ1) is 84.9. The summed E-state index contributed by atoms with van der Waals surface area (Å²) in [6.45, 7) is 22.5. The van der Waals surface area contributed by atoms with E-state index in [0.29, 0.717) is 89.9 Å². The Kier molecular flexibility index (Phi) is 28.5. The van der Waals surface area contributed by atoms with Gasteiger partial charge in [-0.3, -0.25) is 19.2 Å². The molecule has 12 aromatic rings. The van der Waals surface area contributed by atoms with Crippen LogP contribution in [0.1, 0.15) is 170 Å². The summed E-state index contributed by atoms with van der Waals surface area (Å²) in [5.74, 6) is 0.474. The fourth-order valence-corrected chi connectivity index (χ4v) is 19.0. The number of hydrogen-bond donors (Lipinski definition) is 11. The number of benzene rings is 4. The van der Waals surface area contributed by atoms with Gasteiger partial charge in [-0.1, -0.05) is 108 Å². The highest BCUT2D eigenvalue weighted by atomic mass is 32.1. The number of nitrogens with one attached hydrogen (secondary N) is 7. The van der Waals surface area contributed by atoms with Crippen LogP contribution in [0.5, 0.6) is 0 Å². The Morgan fingerprint density at radius 3 is 1.03 bits per heavy atom. The van der Waals surface area contributed by atoms with Crippen molar-refractivity contribution in [2.24, 2.45) is 28.9 Å². The van der Waals surface area contributed by atoms with Gasteiger partial charge in [0.2, 0.25) is 23.8 Å². The third-order valence-corrected chi connectivity index (χ3v) is 24.4. The third kappa shape index (κ3) is 23.5. The fourth-order valence-electron chi connectivity index (χ4n) is 14.9. The molecule has 2 aliphatic heterocycles. The first-order chi connectivity index (χ1) is 57.4. The number of rotatable bonds is 23. The molecule has 119 heavy (non-hydrogen) atoms. The number of anilines is 12. The molecule has 4 aromatic carbocycles. The van der Waals surface area contributed by atoms with E-state index < -0.39 is 23.6 Å². The van der Waals surface area contributed by atoms with E-state index in [4.69, 9.17) is 22.9 Å². The highest BCUT2D eigenvalue weighted by Gasteiger charge is 2.28. The van der Waals surface area contributed by atoms with Gasteiger partial charge < -0.3 is 70.0 Å². The van der Waals surface area contributed by atoms with Crippen molar-refractivity contribution in [1.82, 2.24) is 65.1 Å². The molecular formula is C86H101N25O4S4. The van der Waals surface area contributed by atoms with Crippen molar-refractivity contribution in [2.75, 3.05) is 87.5 Å². The van der Waals surface area contributed by atoms with E-state index in [-0.39, 0.29) is 11.4 Å². The Bertz CT molecular complexity index is 5320. The van der Waals surface area contributed by atoms with Gasteiger partial charge in [0.15, 0.2) is 22.8 Å².